The monoisotopic (exact) mass is 336 g/mol. The van der Waals surface area contributed by atoms with Gasteiger partial charge in [0.15, 0.2) is 15.7 Å². The number of hydrogen-bond donors (Lipinski definition) is 2. The van der Waals surface area contributed by atoms with Gasteiger partial charge in [0.2, 0.25) is 5.91 Å². The van der Waals surface area contributed by atoms with Crippen molar-refractivity contribution in [1.82, 2.24) is 15.3 Å². The SMILES string of the molecule is Nc1nccnc1SCC(=O)NC1CS(=O)(=O)CC1Cl. The Morgan fingerprint density at radius 3 is 2.75 bits per heavy atom. The van der Waals surface area contributed by atoms with Gasteiger partial charge >= 0.3 is 0 Å². The normalized spacial score (nSPS) is 24.4. The van der Waals surface area contributed by atoms with Gasteiger partial charge in [-0.05, 0) is 0 Å². The average molecular weight is 337 g/mol. The molecule has 1 aliphatic rings. The molecule has 2 heterocycles. The number of aromatic nitrogens is 2. The van der Waals surface area contributed by atoms with Crippen LogP contribution in [0.1, 0.15) is 0 Å². The lowest BCUT2D eigenvalue weighted by atomic mass is 10.2. The van der Waals surface area contributed by atoms with E-state index in [1.165, 1.54) is 12.4 Å². The first kappa shape index (κ1) is 15.3. The lowest BCUT2D eigenvalue weighted by Crippen LogP contribution is -2.41. The molecule has 3 N–H and O–H groups in total. The van der Waals surface area contributed by atoms with Gasteiger partial charge < -0.3 is 11.1 Å². The van der Waals surface area contributed by atoms with Gasteiger partial charge in [0.1, 0.15) is 5.03 Å². The second-order valence-electron chi connectivity index (χ2n) is 4.30. The summed E-state index contributed by atoms with van der Waals surface area (Å²) in [5.41, 5.74) is 5.60. The Morgan fingerprint density at radius 1 is 1.45 bits per heavy atom. The van der Waals surface area contributed by atoms with E-state index in [4.69, 9.17) is 17.3 Å². The van der Waals surface area contributed by atoms with Gasteiger partial charge in [-0.1, -0.05) is 11.8 Å². The van der Waals surface area contributed by atoms with Crippen LogP contribution in [0.15, 0.2) is 17.4 Å². The molecule has 0 bridgehead atoms. The van der Waals surface area contributed by atoms with Crippen LogP contribution in [0, 0.1) is 0 Å². The fraction of sp³-hybridized carbons (Fsp3) is 0.500. The largest absolute Gasteiger partial charge is 0.381 e. The Labute approximate surface area is 125 Å². The number of amides is 1. The Morgan fingerprint density at radius 2 is 2.15 bits per heavy atom. The van der Waals surface area contributed by atoms with E-state index in [0.29, 0.717) is 5.03 Å². The van der Waals surface area contributed by atoms with E-state index in [0.717, 1.165) is 11.8 Å². The molecule has 2 atom stereocenters. The van der Waals surface area contributed by atoms with Crippen LogP contribution >= 0.6 is 23.4 Å². The molecular formula is C10H13ClN4O3S2. The van der Waals surface area contributed by atoms with E-state index >= 15 is 0 Å². The van der Waals surface area contributed by atoms with Gasteiger partial charge in [-0.25, -0.2) is 18.4 Å². The molecule has 1 aliphatic heterocycles. The van der Waals surface area contributed by atoms with Crippen LogP contribution in [0.2, 0.25) is 0 Å². The van der Waals surface area contributed by atoms with Crippen molar-refractivity contribution < 1.29 is 13.2 Å². The Hall–Kier alpha value is -1.06. The molecule has 0 aromatic carbocycles. The summed E-state index contributed by atoms with van der Waals surface area (Å²) in [5.74, 6) is -0.214. The third-order valence-corrected chi connectivity index (χ3v) is 6.03. The molecular weight excluding hydrogens is 324 g/mol. The summed E-state index contributed by atoms with van der Waals surface area (Å²) in [6, 6.07) is -0.547. The quantitative estimate of drug-likeness (QED) is 0.571. The number of nitrogens with two attached hydrogens (primary N) is 1. The Bertz CT molecular complexity index is 610. The first-order valence-corrected chi connectivity index (χ1v) is 8.95. The Balaban J connectivity index is 1.86. The van der Waals surface area contributed by atoms with Crippen LogP contribution in [0.5, 0.6) is 0 Å². The predicted molar refractivity (Wildman–Crippen MR) is 77.4 cm³/mol. The van der Waals surface area contributed by atoms with Crippen LogP contribution in [0.25, 0.3) is 0 Å². The smallest absolute Gasteiger partial charge is 0.230 e. The molecule has 1 aromatic heterocycles. The van der Waals surface area contributed by atoms with E-state index in [1.54, 1.807) is 0 Å². The van der Waals surface area contributed by atoms with Crippen molar-refractivity contribution in [1.29, 1.82) is 0 Å². The summed E-state index contributed by atoms with van der Waals surface area (Å²) < 4.78 is 22.8. The van der Waals surface area contributed by atoms with Crippen molar-refractivity contribution in [3.8, 4) is 0 Å². The molecule has 1 fully saturated rings. The highest BCUT2D eigenvalue weighted by Crippen LogP contribution is 2.21. The zero-order valence-corrected chi connectivity index (χ0v) is 12.7. The summed E-state index contributed by atoms with van der Waals surface area (Å²) in [4.78, 5) is 19.6. The predicted octanol–water partition coefficient (Wildman–Crippen LogP) is -0.328. The molecule has 1 amide bonds. The molecule has 2 unspecified atom stereocenters. The molecule has 2 rings (SSSR count). The number of rotatable bonds is 4. The number of carbonyl (C=O) groups excluding carboxylic acids is 1. The number of nitrogen functional groups attached to an aromatic ring is 1. The number of carbonyl (C=O) groups is 1. The minimum atomic E-state index is -3.16. The van der Waals surface area contributed by atoms with Crippen molar-refractivity contribution in [3.63, 3.8) is 0 Å². The topological polar surface area (TPSA) is 115 Å². The molecule has 0 radical (unpaired) electrons. The standard InChI is InChI=1S/C10H13ClN4O3S2/c11-6-4-20(17,18)5-7(6)15-8(16)3-19-10-9(12)13-1-2-14-10/h1-2,6-7H,3-5H2,(H2,12,13)(H,15,16). The minimum absolute atomic E-state index is 0.0725. The van der Waals surface area contributed by atoms with Gasteiger partial charge in [0.25, 0.3) is 0 Å². The number of nitrogens with zero attached hydrogens (tertiary/aromatic N) is 2. The summed E-state index contributed by atoms with van der Waals surface area (Å²) in [6.45, 7) is 0. The van der Waals surface area contributed by atoms with E-state index < -0.39 is 21.3 Å². The molecule has 0 saturated carbocycles. The van der Waals surface area contributed by atoms with Gasteiger partial charge in [0.05, 0.1) is 28.7 Å². The van der Waals surface area contributed by atoms with Crippen molar-refractivity contribution in [2.24, 2.45) is 0 Å². The Kier molecular flexibility index (Phi) is 4.71. The van der Waals surface area contributed by atoms with Crippen LogP contribution in [0.3, 0.4) is 0 Å². The highest BCUT2D eigenvalue weighted by Gasteiger charge is 2.37. The van der Waals surface area contributed by atoms with Gasteiger partial charge in [0, 0.05) is 12.4 Å². The molecule has 0 aliphatic carbocycles. The number of sulfone groups is 1. The third kappa shape index (κ3) is 3.97. The maximum atomic E-state index is 11.8. The van der Waals surface area contributed by atoms with Crippen molar-refractivity contribution in [2.45, 2.75) is 16.4 Å². The highest BCUT2D eigenvalue weighted by atomic mass is 35.5. The summed E-state index contributed by atoms with van der Waals surface area (Å²) >= 11 is 7.04. The molecule has 110 valence electrons. The highest BCUT2D eigenvalue weighted by molar-refractivity contribution is 8.00. The first-order chi connectivity index (χ1) is 9.37. The second-order valence-corrected chi connectivity index (χ2v) is 7.98. The fourth-order valence-electron chi connectivity index (χ4n) is 1.77. The number of halogens is 1. The molecule has 10 heteroatoms. The number of alkyl halides is 1. The summed E-state index contributed by atoms with van der Waals surface area (Å²) in [7, 11) is -3.16. The number of anilines is 1. The molecule has 1 aromatic rings. The van der Waals surface area contributed by atoms with Crippen molar-refractivity contribution in [2.75, 3.05) is 23.0 Å². The van der Waals surface area contributed by atoms with Crippen LogP contribution in [-0.4, -0.2) is 53.0 Å². The maximum absolute atomic E-state index is 11.8. The second kappa shape index (κ2) is 6.15. The lowest BCUT2D eigenvalue weighted by Gasteiger charge is -2.14. The van der Waals surface area contributed by atoms with Crippen LogP contribution < -0.4 is 11.1 Å². The summed E-state index contributed by atoms with van der Waals surface area (Å²) in [5, 5.41) is 2.49. The summed E-state index contributed by atoms with van der Waals surface area (Å²) in [6.07, 6.45) is 2.94. The molecule has 0 spiro atoms. The van der Waals surface area contributed by atoms with E-state index in [1.807, 2.05) is 0 Å². The fourth-order valence-corrected chi connectivity index (χ4v) is 5.00. The molecule has 20 heavy (non-hydrogen) atoms. The minimum Gasteiger partial charge on any atom is -0.381 e. The van der Waals surface area contributed by atoms with Crippen molar-refractivity contribution in [3.05, 3.63) is 12.4 Å². The maximum Gasteiger partial charge on any atom is 0.230 e. The van der Waals surface area contributed by atoms with E-state index in [2.05, 4.69) is 15.3 Å². The van der Waals surface area contributed by atoms with Gasteiger partial charge in [-0.15, -0.1) is 11.6 Å². The van der Waals surface area contributed by atoms with Crippen LogP contribution in [0.4, 0.5) is 5.82 Å². The van der Waals surface area contributed by atoms with Gasteiger partial charge in [-0.3, -0.25) is 4.79 Å². The first-order valence-electron chi connectivity index (χ1n) is 5.70. The average Bonchev–Trinajstić information content (AvgIpc) is 2.61. The zero-order chi connectivity index (χ0) is 14.8. The zero-order valence-electron chi connectivity index (χ0n) is 10.3. The van der Waals surface area contributed by atoms with Crippen LogP contribution in [-0.2, 0) is 14.6 Å². The number of nitrogens with one attached hydrogen (secondary N) is 1. The van der Waals surface area contributed by atoms with E-state index in [9.17, 15) is 13.2 Å². The number of hydrogen-bond acceptors (Lipinski definition) is 7. The van der Waals surface area contributed by atoms with Gasteiger partial charge in [-0.2, -0.15) is 0 Å². The third-order valence-electron chi connectivity index (χ3n) is 2.66. The number of thioether (sulfide) groups is 1. The molecule has 7 nitrogen and oxygen atoms in total. The molecule has 1 saturated heterocycles. The van der Waals surface area contributed by atoms with Crippen molar-refractivity contribution >= 4 is 44.9 Å². The van der Waals surface area contributed by atoms with E-state index in [-0.39, 0.29) is 29.0 Å². The lowest BCUT2D eigenvalue weighted by molar-refractivity contribution is -0.119.